The summed E-state index contributed by atoms with van der Waals surface area (Å²) in [4.78, 5) is 146. The topological polar surface area (TPSA) is 514 Å². The molecule has 3 atom stereocenters. The predicted octanol–water partition coefficient (Wildman–Crippen LogP) is 9.25. The summed E-state index contributed by atoms with van der Waals surface area (Å²) in [7, 11) is 6.17. The van der Waals surface area contributed by atoms with Gasteiger partial charge in [-0.15, -0.1) is 23.4 Å². The average molecular weight is 1810 g/mol. The zero-order valence-corrected chi connectivity index (χ0v) is 71.9. The van der Waals surface area contributed by atoms with E-state index in [2.05, 4.69) is 84.6 Å². The number of methoxy groups -OCH3 is 3. The Balaban J connectivity index is 0.000000156. The molecule has 4 aliphatic rings. The maximum Gasteiger partial charge on any atom is 0.364 e. The number of fused-ring (bicyclic) bond motifs is 4. The van der Waals surface area contributed by atoms with Crippen LogP contribution in [0, 0.1) is 23.0 Å². The molecule has 1 fully saturated rings. The number of amides is 3. The van der Waals surface area contributed by atoms with Gasteiger partial charge in [0.15, 0.2) is 38.1 Å². The molecule has 1 saturated heterocycles. The Hall–Kier alpha value is -11.4. The number of nitrogens with zero attached hydrogens (tertiary/aromatic N) is 14. The van der Waals surface area contributed by atoms with Crippen molar-refractivity contribution in [2.24, 2.45) is 38.1 Å². The molecule has 0 aliphatic carbocycles. The number of halogens is 2. The van der Waals surface area contributed by atoms with Gasteiger partial charge in [0, 0.05) is 113 Å². The van der Waals surface area contributed by atoms with E-state index in [1.807, 2.05) is 62.0 Å². The second-order valence-corrected chi connectivity index (χ2v) is 33.8. The van der Waals surface area contributed by atoms with Crippen molar-refractivity contribution in [2.75, 3.05) is 129 Å². The highest BCUT2D eigenvalue weighted by Crippen LogP contribution is 2.42. The van der Waals surface area contributed by atoms with Crippen LogP contribution in [0.15, 0.2) is 108 Å². The molecule has 628 valence electrons. The first-order valence-corrected chi connectivity index (χ1v) is 43.5. The molecule has 38 nitrogen and oxygen atoms in total. The largest absolute Gasteiger partial charge is 0.488 e. The molecule has 14 heterocycles. The maximum atomic E-state index is 13.5. The summed E-state index contributed by atoms with van der Waals surface area (Å²) in [5.74, 6) is 1.48. The molecule has 47 heteroatoms. The van der Waals surface area contributed by atoms with Gasteiger partial charge in [-0.1, -0.05) is 82.9 Å². The van der Waals surface area contributed by atoms with Crippen LogP contribution in [0.25, 0.3) is 17.1 Å². The zero-order valence-electron chi connectivity index (χ0n) is 64.6. The smallest absolute Gasteiger partial charge is 0.364 e. The SMILES string of the molecule is COC(N=C(N)c1c(Nc2ncc(C(=O)n3ccc4nc([N+](=O)[O-])cc(/C=C/Cl)c43)s2)s[nH]c1=O)C(C)Cc1ccccc1.COCCN=C(N)c1c(Nc2nc(OC)c(C(=O)N3CCc4nc5c(cc43)OCCN5)s2)s[nH]c1=O.Cc1cc(N(C)C(=O)CCl)nc2c1N(C(=O)c1cnc(Nc3s[nH]c(=O)c3C(N)=NCCC3CNCS3)s1)CC2. The molecule has 11 aromatic rings. The van der Waals surface area contributed by atoms with E-state index in [4.69, 9.17) is 59.4 Å². The third kappa shape index (κ3) is 19.6. The van der Waals surface area contributed by atoms with E-state index in [1.54, 1.807) is 30.0 Å². The molecule has 15 rings (SSSR count). The van der Waals surface area contributed by atoms with Crippen LogP contribution in [0.5, 0.6) is 11.6 Å². The van der Waals surface area contributed by atoms with Gasteiger partial charge in [-0.25, -0.2) is 24.9 Å². The average Bonchev–Trinajstić information content (AvgIpc) is 1.62. The standard InChI is InChI=1S/C28H25ClN8O5S2.C24H28ClN9O3S3.C21H24N8O5S2/c1-15(12-16-6-4-3-5-7-16)25(42-2)33-23(30)21-24(38)35-44-26(21)34-28-31-14-19(43-28)27(39)36-11-9-18-22(36)17(8-10-29)13-20(32-18)37(40)41;1-12-7-16(33(2)17(35)8-25)30-14-4-6-34(19(12)14)23(37)15-10-29-24(39-15)31-22-18(21(36)32-40-22)20(26)28-5-3-13-9-27-11-38-13;1-32-7-4-23-15(22)13-17(30)28-36-19(13)27-21-26-18(33-2)14(35-21)20(31)29-6-3-10-11(29)9-12-16(25-10)24-5-8-34-12/h3-11,13-15,25H,12H2,1-2H3,(H2,30,33)(H,31,34)(H,35,38);7,10,13,27H,3-6,8-9,11H2,1-2H3,(H2,26,28)(H,29,31)(H,32,36);9H,3-8H2,1-2H3,(H2,22,23)(H,24,25)(H,26,27)(H,28,30)/b10-8+;;. The minimum Gasteiger partial charge on any atom is -0.488 e. The molecule has 3 amide bonds. The fourth-order valence-corrected chi connectivity index (χ4v) is 19.1. The molecule has 14 N–H and O–H groups in total. The van der Waals surface area contributed by atoms with Crippen LogP contribution in [0.3, 0.4) is 0 Å². The van der Waals surface area contributed by atoms with Crippen LogP contribution in [-0.2, 0) is 33.5 Å². The predicted molar refractivity (Wildman–Crippen MR) is 473 cm³/mol. The van der Waals surface area contributed by atoms with Gasteiger partial charge in [-0.2, -0.15) is 4.98 Å². The van der Waals surface area contributed by atoms with E-state index in [-0.39, 0.29) is 96.9 Å². The number of anilines is 10. The Morgan fingerprint density at radius 1 is 0.800 bits per heavy atom. The molecule has 120 heavy (non-hydrogen) atoms. The van der Waals surface area contributed by atoms with Crippen LogP contribution >= 0.6 is 104 Å². The van der Waals surface area contributed by atoms with Crippen LogP contribution < -0.4 is 84.6 Å². The lowest BCUT2D eigenvalue weighted by molar-refractivity contribution is -0.389. The zero-order chi connectivity index (χ0) is 85.0. The van der Waals surface area contributed by atoms with Gasteiger partial charge < -0.3 is 82.6 Å². The van der Waals surface area contributed by atoms with E-state index < -0.39 is 22.6 Å². The highest BCUT2D eigenvalue weighted by molar-refractivity contribution is 8.00. The summed E-state index contributed by atoms with van der Waals surface area (Å²) < 4.78 is 31.0. The number of nitrogens with one attached hydrogen (secondary N) is 8. The number of amidine groups is 3. The Morgan fingerprint density at radius 2 is 1.44 bits per heavy atom. The molecular formula is C73H77Cl2N25O13S7. The van der Waals surface area contributed by atoms with Gasteiger partial charge in [0.25, 0.3) is 34.4 Å². The van der Waals surface area contributed by atoms with Crippen LogP contribution in [-0.4, -0.2) is 198 Å². The van der Waals surface area contributed by atoms with Gasteiger partial charge in [0.2, 0.25) is 17.3 Å². The molecular weight excluding hydrogens is 1730 g/mol. The first kappa shape index (κ1) is 86.5. The fourth-order valence-electron chi connectivity index (χ4n) is 13.0. The molecule has 0 spiro atoms. The van der Waals surface area contributed by atoms with Crippen molar-refractivity contribution in [3.8, 4) is 11.6 Å². The third-order valence-corrected chi connectivity index (χ3v) is 25.5. The molecule has 4 aliphatic heterocycles. The van der Waals surface area contributed by atoms with Crippen molar-refractivity contribution in [1.29, 1.82) is 0 Å². The van der Waals surface area contributed by atoms with Gasteiger partial charge in [0.05, 0.1) is 62.0 Å². The Labute approximate surface area is 720 Å². The number of H-pyrrole nitrogens is 3. The summed E-state index contributed by atoms with van der Waals surface area (Å²) in [5, 5.41) is 30.0. The number of aromatic amines is 3. The number of pyridine rings is 3. The number of benzene rings is 1. The minimum atomic E-state index is -0.618. The quantitative estimate of drug-likeness (QED) is 0.00543. The van der Waals surface area contributed by atoms with Crippen molar-refractivity contribution >= 4 is 221 Å². The van der Waals surface area contributed by atoms with Gasteiger partial charge in [-0.05, 0) is 87.5 Å². The van der Waals surface area contributed by atoms with Gasteiger partial charge in [-0.3, -0.25) is 66.1 Å². The summed E-state index contributed by atoms with van der Waals surface area (Å²) in [5.41, 5.74) is 25.2. The highest BCUT2D eigenvalue weighted by atomic mass is 35.5. The maximum absolute atomic E-state index is 13.5. The van der Waals surface area contributed by atoms with Gasteiger partial charge in [0.1, 0.15) is 82.8 Å². The summed E-state index contributed by atoms with van der Waals surface area (Å²) in [6, 6.07) is 16.3. The summed E-state index contributed by atoms with van der Waals surface area (Å²) in [6.45, 7) is 8.22. The van der Waals surface area contributed by atoms with E-state index >= 15 is 0 Å². The fraction of sp³-hybridized carbons (Fsp3) is 0.315. The first-order valence-electron chi connectivity index (χ1n) is 36.6. The normalized spacial score (nSPS) is 14.9. The second kappa shape index (κ2) is 39.2. The van der Waals surface area contributed by atoms with Crippen molar-refractivity contribution < 1.29 is 43.0 Å². The number of rotatable bonds is 28. The lowest BCUT2D eigenvalue weighted by Crippen LogP contribution is -2.29. The third-order valence-electron chi connectivity index (χ3n) is 18.7. The lowest BCUT2D eigenvalue weighted by Gasteiger charge is -2.21. The second-order valence-electron chi connectivity index (χ2n) is 26.5. The molecule has 10 aromatic heterocycles. The van der Waals surface area contributed by atoms with Crippen LogP contribution in [0.1, 0.15) is 87.1 Å². The number of alkyl halides is 1. The number of nitro groups is 1. The Bertz CT molecular complexity index is 5960. The summed E-state index contributed by atoms with van der Waals surface area (Å²) >= 11 is 19.8. The number of aliphatic imine (C=N–C) groups is 3. The van der Waals surface area contributed by atoms with Crippen LogP contribution in [0.2, 0.25) is 0 Å². The first-order chi connectivity index (χ1) is 57.9. The molecule has 3 unspecified atom stereocenters. The number of carbonyl (C=O) groups excluding carboxylic acids is 4. The van der Waals surface area contributed by atoms with Crippen molar-refractivity contribution in [3.05, 3.63) is 179 Å². The number of aryl methyl sites for hydroxylation is 1. The highest BCUT2D eigenvalue weighted by Gasteiger charge is 2.36. The number of ether oxygens (including phenoxy) is 4. The number of aromatic nitrogens is 10. The van der Waals surface area contributed by atoms with Crippen molar-refractivity contribution in [1.82, 2.24) is 52.9 Å². The number of thiazole rings is 3. The van der Waals surface area contributed by atoms with Crippen LogP contribution in [0.4, 0.5) is 59.2 Å². The minimum absolute atomic E-state index is 0.00472. The van der Waals surface area contributed by atoms with E-state index in [1.165, 1.54) is 77.4 Å². The molecule has 1 aromatic carbocycles. The monoisotopic (exact) mass is 1810 g/mol. The number of nitrogens with two attached hydrogens (primary N) is 3. The number of hydrogen-bond acceptors (Lipinski definition) is 34. The van der Waals surface area contributed by atoms with Crippen molar-refractivity contribution in [2.45, 2.75) is 51.0 Å². The van der Waals surface area contributed by atoms with E-state index in [9.17, 15) is 43.7 Å². The Kier molecular flexibility index (Phi) is 28.3. The molecule has 0 bridgehead atoms. The summed E-state index contributed by atoms with van der Waals surface area (Å²) in [6.07, 6.45) is 7.98. The van der Waals surface area contributed by atoms with E-state index in [0.29, 0.717) is 145 Å². The Morgan fingerprint density at radius 3 is 2.07 bits per heavy atom. The van der Waals surface area contributed by atoms with Crippen molar-refractivity contribution in [3.63, 3.8) is 0 Å². The van der Waals surface area contributed by atoms with E-state index in [0.717, 1.165) is 104 Å². The number of hydrogen-bond donors (Lipinski definition) is 11. The lowest BCUT2D eigenvalue weighted by atomic mass is 10.00. The molecule has 0 radical (unpaired) electrons. The number of thioether (sulfide) groups is 1. The molecule has 0 saturated carbocycles. The number of carbonyl (C=O) groups is 4. The van der Waals surface area contributed by atoms with Gasteiger partial charge >= 0.3 is 5.82 Å².